The third-order valence-electron chi connectivity index (χ3n) is 3.23. The van der Waals surface area contributed by atoms with Crippen molar-refractivity contribution in [3.63, 3.8) is 0 Å². The van der Waals surface area contributed by atoms with E-state index in [1.807, 2.05) is 0 Å². The van der Waals surface area contributed by atoms with Crippen LogP contribution in [0.25, 0.3) is 0 Å². The number of urea groups is 1. The van der Waals surface area contributed by atoms with Crippen LogP contribution >= 0.6 is 0 Å². The van der Waals surface area contributed by atoms with Crippen molar-refractivity contribution in [3.8, 4) is 5.75 Å². The maximum atomic E-state index is 13.4. The molecule has 0 radical (unpaired) electrons. The minimum Gasteiger partial charge on any atom is -0.497 e. The first-order valence-corrected chi connectivity index (χ1v) is 7.42. The molecule has 0 unspecified atom stereocenters. The Morgan fingerprint density at radius 2 is 1.68 bits per heavy atom. The number of carbonyl (C=O) groups excluding carboxylic acids is 2. The van der Waals surface area contributed by atoms with Crippen LogP contribution in [0.1, 0.15) is 10.4 Å². The van der Waals surface area contributed by atoms with E-state index >= 15 is 0 Å². The van der Waals surface area contributed by atoms with E-state index in [0.717, 1.165) is 12.1 Å². The molecular formula is C17H17F2N3O3. The van der Waals surface area contributed by atoms with Gasteiger partial charge in [0.25, 0.3) is 5.91 Å². The Hall–Kier alpha value is -3.16. The highest BCUT2D eigenvalue weighted by atomic mass is 19.1. The van der Waals surface area contributed by atoms with Gasteiger partial charge in [0.15, 0.2) is 0 Å². The van der Waals surface area contributed by atoms with Crippen LogP contribution in [0.4, 0.5) is 19.3 Å². The molecule has 0 spiro atoms. The number of hydrogen-bond acceptors (Lipinski definition) is 3. The number of benzene rings is 2. The van der Waals surface area contributed by atoms with E-state index in [9.17, 15) is 18.4 Å². The van der Waals surface area contributed by atoms with Gasteiger partial charge in [0.1, 0.15) is 17.4 Å². The lowest BCUT2D eigenvalue weighted by Crippen LogP contribution is -2.36. The van der Waals surface area contributed by atoms with Gasteiger partial charge in [-0.25, -0.2) is 13.6 Å². The minimum absolute atomic E-state index is 0.135. The summed E-state index contributed by atoms with van der Waals surface area (Å²) in [5.41, 5.74) is 0.319. The SMILES string of the molecule is COc1ccc(C(=O)NCCNC(=O)Nc2ccc(F)cc2F)cc1. The second-order valence-corrected chi connectivity index (χ2v) is 4.99. The predicted octanol–water partition coefficient (Wildman–Crippen LogP) is 2.52. The fourth-order valence-electron chi connectivity index (χ4n) is 1.95. The van der Waals surface area contributed by atoms with Crippen LogP contribution in [-0.4, -0.2) is 32.1 Å². The van der Waals surface area contributed by atoms with E-state index < -0.39 is 17.7 Å². The number of rotatable bonds is 6. The molecule has 0 saturated carbocycles. The van der Waals surface area contributed by atoms with E-state index in [1.165, 1.54) is 7.11 Å². The molecule has 2 aromatic rings. The molecule has 0 aliphatic carbocycles. The molecular weight excluding hydrogens is 332 g/mol. The first-order valence-electron chi connectivity index (χ1n) is 7.42. The number of nitrogens with one attached hydrogen (secondary N) is 3. The fraction of sp³-hybridized carbons (Fsp3) is 0.176. The van der Waals surface area contributed by atoms with Crippen LogP contribution in [0.3, 0.4) is 0 Å². The summed E-state index contributed by atoms with van der Waals surface area (Å²) in [6.07, 6.45) is 0. The highest BCUT2D eigenvalue weighted by Gasteiger charge is 2.08. The summed E-state index contributed by atoms with van der Waals surface area (Å²) in [4.78, 5) is 23.5. The first-order chi connectivity index (χ1) is 12.0. The zero-order chi connectivity index (χ0) is 18.2. The Labute approximate surface area is 143 Å². The van der Waals surface area contributed by atoms with Gasteiger partial charge < -0.3 is 20.7 Å². The zero-order valence-electron chi connectivity index (χ0n) is 13.4. The molecule has 3 amide bonds. The maximum Gasteiger partial charge on any atom is 0.319 e. The third kappa shape index (κ3) is 5.45. The van der Waals surface area contributed by atoms with Gasteiger partial charge in [0.2, 0.25) is 0 Å². The quantitative estimate of drug-likeness (QED) is 0.701. The maximum absolute atomic E-state index is 13.4. The number of hydrogen-bond donors (Lipinski definition) is 3. The average Bonchev–Trinajstić information content (AvgIpc) is 2.61. The number of anilines is 1. The largest absolute Gasteiger partial charge is 0.497 e. The summed E-state index contributed by atoms with van der Waals surface area (Å²) in [7, 11) is 1.53. The van der Waals surface area contributed by atoms with Gasteiger partial charge in [-0.2, -0.15) is 0 Å². The smallest absolute Gasteiger partial charge is 0.319 e. The lowest BCUT2D eigenvalue weighted by atomic mass is 10.2. The number of methoxy groups -OCH3 is 1. The molecule has 25 heavy (non-hydrogen) atoms. The Kier molecular flexibility index (Phi) is 6.27. The van der Waals surface area contributed by atoms with Gasteiger partial charge >= 0.3 is 6.03 Å². The molecule has 0 aliphatic heterocycles. The molecule has 2 aromatic carbocycles. The topological polar surface area (TPSA) is 79.5 Å². The van der Waals surface area contributed by atoms with E-state index in [1.54, 1.807) is 24.3 Å². The summed E-state index contributed by atoms with van der Waals surface area (Å²) in [5, 5.41) is 7.33. The van der Waals surface area contributed by atoms with Gasteiger partial charge in [-0.3, -0.25) is 4.79 Å². The Balaban J connectivity index is 1.72. The normalized spacial score (nSPS) is 10.0. The van der Waals surface area contributed by atoms with E-state index in [4.69, 9.17) is 4.74 Å². The van der Waals surface area contributed by atoms with Crippen LogP contribution < -0.4 is 20.7 Å². The summed E-state index contributed by atoms with van der Waals surface area (Å²) in [5.74, 6) is -1.26. The molecule has 0 fully saturated rings. The van der Waals surface area contributed by atoms with Crippen LogP contribution in [0.2, 0.25) is 0 Å². The lowest BCUT2D eigenvalue weighted by Gasteiger charge is -2.09. The Bertz CT molecular complexity index is 751. The number of amides is 3. The predicted molar refractivity (Wildman–Crippen MR) is 88.7 cm³/mol. The van der Waals surface area contributed by atoms with Gasteiger partial charge in [0, 0.05) is 24.7 Å². The standard InChI is InChI=1S/C17H17F2N3O3/c1-25-13-5-2-11(3-6-13)16(23)20-8-9-21-17(24)22-15-7-4-12(18)10-14(15)19/h2-7,10H,8-9H2,1H3,(H,20,23)(H2,21,22,24). The summed E-state index contributed by atoms with van der Waals surface area (Å²) in [6, 6.07) is 8.73. The summed E-state index contributed by atoms with van der Waals surface area (Å²) >= 11 is 0. The summed E-state index contributed by atoms with van der Waals surface area (Å²) in [6.45, 7) is 0.320. The second kappa shape index (κ2) is 8.62. The number of ether oxygens (including phenoxy) is 1. The highest BCUT2D eigenvalue weighted by Crippen LogP contribution is 2.14. The zero-order valence-corrected chi connectivity index (χ0v) is 13.4. The van der Waals surface area contributed by atoms with Crippen molar-refractivity contribution in [2.24, 2.45) is 0 Å². The molecule has 0 aliphatic rings. The Morgan fingerprint density at radius 1 is 1.00 bits per heavy atom. The fourth-order valence-corrected chi connectivity index (χ4v) is 1.95. The van der Waals surface area contributed by atoms with E-state index in [2.05, 4.69) is 16.0 Å². The molecule has 8 heteroatoms. The molecule has 3 N–H and O–H groups in total. The highest BCUT2D eigenvalue weighted by molar-refractivity contribution is 5.94. The van der Waals surface area contributed by atoms with Crippen LogP contribution in [-0.2, 0) is 0 Å². The van der Waals surface area contributed by atoms with Crippen LogP contribution in [0.15, 0.2) is 42.5 Å². The van der Waals surface area contributed by atoms with Crippen molar-refractivity contribution in [1.29, 1.82) is 0 Å². The first kappa shape index (κ1) is 18.2. The molecule has 6 nitrogen and oxygen atoms in total. The molecule has 0 atom stereocenters. The van der Waals surface area contributed by atoms with Crippen molar-refractivity contribution in [3.05, 3.63) is 59.7 Å². The van der Waals surface area contributed by atoms with Crippen molar-refractivity contribution in [2.45, 2.75) is 0 Å². The molecule has 2 rings (SSSR count). The monoisotopic (exact) mass is 349 g/mol. The third-order valence-corrected chi connectivity index (χ3v) is 3.23. The van der Waals surface area contributed by atoms with Crippen LogP contribution in [0.5, 0.6) is 5.75 Å². The summed E-state index contributed by atoms with van der Waals surface area (Å²) < 4.78 is 31.2. The molecule has 0 saturated heterocycles. The van der Waals surface area contributed by atoms with Gasteiger partial charge in [-0.1, -0.05) is 0 Å². The lowest BCUT2D eigenvalue weighted by molar-refractivity contribution is 0.0954. The molecule has 0 bridgehead atoms. The number of carbonyl (C=O) groups is 2. The van der Waals surface area contributed by atoms with Crippen molar-refractivity contribution >= 4 is 17.6 Å². The molecule has 0 aromatic heterocycles. The van der Waals surface area contributed by atoms with Crippen molar-refractivity contribution < 1.29 is 23.1 Å². The van der Waals surface area contributed by atoms with Gasteiger partial charge in [0.05, 0.1) is 12.8 Å². The molecule has 132 valence electrons. The Morgan fingerprint density at radius 3 is 2.32 bits per heavy atom. The van der Waals surface area contributed by atoms with Gasteiger partial charge in [-0.05, 0) is 36.4 Å². The average molecular weight is 349 g/mol. The van der Waals surface area contributed by atoms with Gasteiger partial charge in [-0.15, -0.1) is 0 Å². The second-order valence-electron chi connectivity index (χ2n) is 4.99. The number of halogens is 2. The van der Waals surface area contributed by atoms with E-state index in [0.29, 0.717) is 17.4 Å². The van der Waals surface area contributed by atoms with Crippen molar-refractivity contribution in [2.75, 3.05) is 25.5 Å². The molecule has 0 heterocycles. The van der Waals surface area contributed by atoms with Crippen LogP contribution in [0, 0.1) is 11.6 Å². The van der Waals surface area contributed by atoms with E-state index in [-0.39, 0.29) is 24.7 Å². The van der Waals surface area contributed by atoms with Crippen molar-refractivity contribution in [1.82, 2.24) is 10.6 Å². The minimum atomic E-state index is -0.872.